The van der Waals surface area contributed by atoms with Crippen molar-refractivity contribution in [2.45, 2.75) is 20.3 Å². The Hall–Kier alpha value is -3.29. The van der Waals surface area contributed by atoms with Crippen LogP contribution in [0.1, 0.15) is 22.3 Å². The minimum absolute atomic E-state index is 0. The Kier molecular flexibility index (Phi) is 9.59. The van der Waals surface area contributed by atoms with Crippen LogP contribution in [0.4, 0.5) is 0 Å². The zero-order chi connectivity index (χ0) is 28.3. The number of halogens is 2. The van der Waals surface area contributed by atoms with Gasteiger partial charge in [0, 0.05) is 20.1 Å². The summed E-state index contributed by atoms with van der Waals surface area (Å²) >= 11 is 7.99. The number of rotatable bonds is 6. The first-order valence-electron chi connectivity index (χ1n) is 13.9. The maximum absolute atomic E-state index is 4.00. The van der Waals surface area contributed by atoms with Gasteiger partial charge >= 0.3 is 0 Å². The van der Waals surface area contributed by atoms with E-state index in [1.54, 1.807) is 0 Å². The van der Waals surface area contributed by atoms with E-state index >= 15 is 0 Å². The van der Waals surface area contributed by atoms with Gasteiger partial charge < -0.3 is 0 Å². The smallest absolute Gasteiger partial charge is 0.0263 e. The van der Waals surface area contributed by atoms with E-state index in [4.69, 9.17) is 0 Å². The summed E-state index contributed by atoms with van der Waals surface area (Å²) in [6.07, 6.45) is 0.832. The lowest BCUT2D eigenvalue weighted by molar-refractivity contribution is 1.13. The van der Waals surface area contributed by atoms with E-state index in [9.17, 15) is 0 Å². The van der Waals surface area contributed by atoms with Gasteiger partial charge in [0.15, 0.2) is 0 Å². The molecular weight excluding hydrogens is 659 g/mol. The van der Waals surface area contributed by atoms with Crippen molar-refractivity contribution in [1.29, 1.82) is 0 Å². The fourth-order valence-corrected chi connectivity index (χ4v) is 7.29. The van der Waals surface area contributed by atoms with Gasteiger partial charge in [-0.2, -0.15) is 9.90 Å². The molecule has 0 saturated heterocycles. The molecule has 0 aromatic heterocycles. The van der Waals surface area contributed by atoms with Crippen LogP contribution >= 0.6 is 41.8 Å². The van der Waals surface area contributed by atoms with Crippen LogP contribution in [0.2, 0.25) is 0 Å². The lowest BCUT2D eigenvalue weighted by atomic mass is 9.84. The van der Waals surface area contributed by atoms with Gasteiger partial charge in [-0.3, -0.25) is 0 Å². The van der Waals surface area contributed by atoms with E-state index in [2.05, 4.69) is 179 Å². The van der Waals surface area contributed by atoms with Gasteiger partial charge in [0.2, 0.25) is 0 Å². The van der Waals surface area contributed by atoms with Crippen molar-refractivity contribution in [3.8, 4) is 44.5 Å². The normalized spacial score (nSPS) is 10.8. The summed E-state index contributed by atoms with van der Waals surface area (Å²) in [4.78, 5) is 0. The molecule has 0 amide bonds. The minimum Gasteiger partial charge on any atom is -0.153 e. The molecule has 0 aliphatic rings. The average molecular weight is 692 g/mol. The van der Waals surface area contributed by atoms with E-state index < -0.39 is 0 Å². The second kappa shape index (κ2) is 13.3. The third-order valence-electron chi connectivity index (χ3n) is 7.92. The Bertz CT molecular complexity index is 1680. The van der Waals surface area contributed by atoms with Gasteiger partial charge in [-0.15, -0.1) is 0 Å². The van der Waals surface area contributed by atoms with Gasteiger partial charge in [-0.1, -0.05) is 153 Å². The summed E-state index contributed by atoms with van der Waals surface area (Å²) in [6, 6.07) is 47.6. The van der Waals surface area contributed by atoms with E-state index in [0.717, 1.165) is 15.4 Å². The topological polar surface area (TPSA) is 0 Å². The molecular formula is C39H33Br2P. The van der Waals surface area contributed by atoms with Gasteiger partial charge in [0.05, 0.1) is 0 Å². The molecule has 3 heteroatoms. The molecule has 0 N–H and O–H groups in total. The minimum atomic E-state index is 0. The first-order valence-corrected chi connectivity index (χ1v) is 15.5. The monoisotopic (exact) mass is 690 g/mol. The zero-order valence-corrected chi connectivity index (χ0v) is 28.5. The van der Waals surface area contributed by atoms with Crippen molar-refractivity contribution in [2.24, 2.45) is 0 Å². The van der Waals surface area contributed by atoms with Crippen LogP contribution in [-0.4, -0.2) is 0 Å². The lowest BCUT2D eigenvalue weighted by Gasteiger charge is -2.22. The number of benzene rings is 6. The molecule has 0 spiro atoms. The summed E-state index contributed by atoms with van der Waals surface area (Å²) in [7, 11) is 0. The molecule has 0 saturated carbocycles. The van der Waals surface area contributed by atoms with Crippen molar-refractivity contribution in [1.82, 2.24) is 0 Å². The maximum Gasteiger partial charge on any atom is 0.0263 e. The van der Waals surface area contributed by atoms with E-state index in [1.807, 2.05) is 0 Å². The molecule has 6 aromatic carbocycles. The van der Waals surface area contributed by atoms with Crippen LogP contribution in [0.25, 0.3) is 44.5 Å². The number of hydrogen-bond acceptors (Lipinski definition) is 0. The lowest BCUT2D eigenvalue weighted by Crippen LogP contribution is -2.02. The number of hydrogen-bond donors (Lipinski definition) is 0. The van der Waals surface area contributed by atoms with Crippen LogP contribution in [0.5, 0.6) is 0 Å². The molecule has 6 rings (SSSR count). The summed E-state index contributed by atoms with van der Waals surface area (Å²) in [5.41, 5.74) is 15.2. The quantitative estimate of drug-likeness (QED) is 0.153. The van der Waals surface area contributed by atoms with E-state index in [0.29, 0.717) is 0 Å². The van der Waals surface area contributed by atoms with Crippen molar-refractivity contribution in [3.05, 3.63) is 165 Å². The zero-order valence-electron chi connectivity index (χ0n) is 23.9. The van der Waals surface area contributed by atoms with Gasteiger partial charge in [0.1, 0.15) is 0 Å². The fourth-order valence-electron chi connectivity index (χ4n) is 5.88. The summed E-state index contributed by atoms with van der Waals surface area (Å²) in [5, 5.41) is 0. The molecule has 0 fully saturated rings. The third-order valence-corrected chi connectivity index (χ3v) is 9.17. The van der Waals surface area contributed by atoms with Crippen molar-refractivity contribution < 1.29 is 0 Å². The van der Waals surface area contributed by atoms with Crippen LogP contribution in [0, 0.1) is 13.8 Å². The molecule has 208 valence electrons. The molecule has 0 radical (unpaired) electrons. The molecule has 0 heterocycles. The van der Waals surface area contributed by atoms with Crippen LogP contribution in [0.15, 0.2) is 142 Å². The van der Waals surface area contributed by atoms with E-state index in [1.165, 1.54) is 66.8 Å². The highest BCUT2D eigenvalue weighted by Gasteiger charge is 2.21. The first kappa shape index (κ1) is 30.2. The predicted octanol–water partition coefficient (Wildman–Crippen LogP) is 12.1. The third kappa shape index (κ3) is 5.95. The molecule has 6 aromatic rings. The summed E-state index contributed by atoms with van der Waals surface area (Å²) < 4.78 is 2.23. The second-order valence-electron chi connectivity index (χ2n) is 10.4. The Morgan fingerprint density at radius 2 is 0.667 bits per heavy atom. The molecule has 0 nitrogen and oxygen atoms in total. The Morgan fingerprint density at radius 3 is 0.952 bits per heavy atom. The Labute approximate surface area is 269 Å². The SMILES string of the molecule is Cc1c(Cc2cc(Br)c(-c3ccccc3)c(-c3ccccc3)c2C)cc(Br)c(-c2ccccc2)c1-c1ccccc1.P. The highest BCUT2D eigenvalue weighted by molar-refractivity contribution is 9.11. The molecule has 1 unspecified atom stereocenters. The van der Waals surface area contributed by atoms with Crippen molar-refractivity contribution >= 4 is 41.8 Å². The van der Waals surface area contributed by atoms with Crippen molar-refractivity contribution in [2.75, 3.05) is 0 Å². The maximum atomic E-state index is 4.00. The van der Waals surface area contributed by atoms with Crippen molar-refractivity contribution in [3.63, 3.8) is 0 Å². The summed E-state index contributed by atoms with van der Waals surface area (Å²) in [6.45, 7) is 4.55. The molecule has 0 aliphatic heterocycles. The Balaban J connectivity index is 0.00000353. The molecule has 0 aliphatic carbocycles. The Morgan fingerprint density at radius 1 is 0.405 bits per heavy atom. The fraction of sp³-hybridized carbons (Fsp3) is 0.0769. The highest BCUT2D eigenvalue weighted by Crippen LogP contribution is 2.45. The predicted molar refractivity (Wildman–Crippen MR) is 193 cm³/mol. The van der Waals surface area contributed by atoms with Gasteiger partial charge in [-0.05, 0) is 88.0 Å². The largest absolute Gasteiger partial charge is 0.153 e. The van der Waals surface area contributed by atoms with E-state index in [-0.39, 0.29) is 9.90 Å². The second-order valence-corrected chi connectivity index (χ2v) is 12.1. The average Bonchev–Trinajstić information content (AvgIpc) is 3.01. The summed E-state index contributed by atoms with van der Waals surface area (Å²) in [5.74, 6) is 0. The molecule has 1 atom stereocenters. The molecule has 42 heavy (non-hydrogen) atoms. The van der Waals surface area contributed by atoms with Crippen LogP contribution in [-0.2, 0) is 6.42 Å². The van der Waals surface area contributed by atoms with Crippen LogP contribution < -0.4 is 0 Å². The first-order chi connectivity index (χ1) is 20.0. The van der Waals surface area contributed by atoms with Gasteiger partial charge in [-0.25, -0.2) is 0 Å². The van der Waals surface area contributed by atoms with Crippen LogP contribution in [0.3, 0.4) is 0 Å². The standard InChI is InChI=1S/C39H30Br2.H3P/c1-26-32(24-34(40)38(30-19-11-5-12-20-30)36(26)28-15-7-3-8-16-28)23-33-25-35(41)39(31-21-13-6-14-22-31)37(27(33)2)29-17-9-4-10-18-29;/h3-22,24-25H,23H2,1-2H3;1H3. The highest BCUT2D eigenvalue weighted by atomic mass is 79.9. The van der Waals surface area contributed by atoms with Gasteiger partial charge in [0.25, 0.3) is 0 Å². The molecule has 0 bridgehead atoms.